The molecule has 3 nitrogen and oxygen atoms in total. The summed E-state index contributed by atoms with van der Waals surface area (Å²) in [5.74, 6) is -0.0650. The molecule has 4 rings (SSSR count). The van der Waals surface area contributed by atoms with E-state index in [0.717, 1.165) is 28.0 Å². The van der Waals surface area contributed by atoms with E-state index in [9.17, 15) is 4.79 Å². The van der Waals surface area contributed by atoms with Gasteiger partial charge in [-0.1, -0.05) is 60.7 Å². The van der Waals surface area contributed by atoms with Gasteiger partial charge < -0.3 is 10.3 Å². The first-order valence-electron chi connectivity index (χ1n) is 8.26. The fraction of sp³-hybridized carbons (Fsp3) is 0.0455. The van der Waals surface area contributed by atoms with Gasteiger partial charge in [0.05, 0.1) is 5.69 Å². The number of carbonyl (C=O) groups is 1. The van der Waals surface area contributed by atoms with Gasteiger partial charge in [-0.2, -0.15) is 0 Å². The van der Waals surface area contributed by atoms with Gasteiger partial charge in [-0.15, -0.1) is 0 Å². The number of benzene rings is 3. The summed E-state index contributed by atoms with van der Waals surface area (Å²) in [5, 5.41) is 4.00. The van der Waals surface area contributed by atoms with Gasteiger partial charge in [-0.25, -0.2) is 0 Å². The van der Waals surface area contributed by atoms with Crippen LogP contribution >= 0.6 is 0 Å². The second kappa shape index (κ2) is 6.29. The van der Waals surface area contributed by atoms with Crippen LogP contribution in [0.3, 0.4) is 0 Å². The maximum absolute atomic E-state index is 11.2. The zero-order valence-corrected chi connectivity index (χ0v) is 13.9. The van der Waals surface area contributed by atoms with Crippen LogP contribution in [0.5, 0.6) is 0 Å². The van der Waals surface area contributed by atoms with E-state index in [1.165, 1.54) is 17.9 Å². The topological polar surface area (TPSA) is 44.9 Å². The number of nitrogens with one attached hydrogen (secondary N) is 2. The predicted molar refractivity (Wildman–Crippen MR) is 103 cm³/mol. The number of hydrogen-bond acceptors (Lipinski definition) is 1. The van der Waals surface area contributed by atoms with Crippen LogP contribution in [0, 0.1) is 0 Å². The lowest BCUT2D eigenvalue weighted by Crippen LogP contribution is -2.05. The van der Waals surface area contributed by atoms with Crippen LogP contribution in [0.4, 0.5) is 5.69 Å². The van der Waals surface area contributed by atoms with Crippen LogP contribution in [-0.2, 0) is 4.79 Å². The summed E-state index contributed by atoms with van der Waals surface area (Å²) < 4.78 is 0. The van der Waals surface area contributed by atoms with E-state index >= 15 is 0 Å². The van der Waals surface area contributed by atoms with Crippen molar-refractivity contribution in [1.82, 2.24) is 4.98 Å². The van der Waals surface area contributed by atoms with Gasteiger partial charge in [0.15, 0.2) is 0 Å². The van der Waals surface area contributed by atoms with Gasteiger partial charge in [0.25, 0.3) is 0 Å². The molecule has 122 valence electrons. The van der Waals surface area contributed by atoms with E-state index < -0.39 is 0 Å². The maximum atomic E-state index is 11.2. The zero-order valence-electron chi connectivity index (χ0n) is 13.9. The third kappa shape index (κ3) is 2.92. The SMILES string of the molecule is CC(=O)Nc1ccc(-c2c(-c3ccccc3)[nH]c3ccccc23)cc1. The highest BCUT2D eigenvalue weighted by Gasteiger charge is 2.14. The first kappa shape index (κ1) is 15.2. The Labute approximate surface area is 146 Å². The molecule has 0 saturated heterocycles. The van der Waals surface area contributed by atoms with Gasteiger partial charge in [0, 0.05) is 29.1 Å². The Morgan fingerprint density at radius 1 is 0.800 bits per heavy atom. The number of aromatic amines is 1. The Kier molecular flexibility index (Phi) is 3.82. The third-order valence-electron chi connectivity index (χ3n) is 4.26. The molecule has 0 aliphatic carbocycles. The molecule has 0 radical (unpaired) electrons. The predicted octanol–water partition coefficient (Wildman–Crippen LogP) is 5.46. The number of H-pyrrole nitrogens is 1. The summed E-state index contributed by atoms with van der Waals surface area (Å²) in [6.07, 6.45) is 0. The van der Waals surface area contributed by atoms with Gasteiger partial charge >= 0.3 is 0 Å². The Morgan fingerprint density at radius 2 is 1.48 bits per heavy atom. The first-order valence-corrected chi connectivity index (χ1v) is 8.26. The highest BCUT2D eigenvalue weighted by Crippen LogP contribution is 2.38. The molecular formula is C22H18N2O. The number of hydrogen-bond donors (Lipinski definition) is 2. The Hall–Kier alpha value is -3.33. The molecule has 0 spiro atoms. The van der Waals surface area contributed by atoms with Crippen LogP contribution in [-0.4, -0.2) is 10.9 Å². The number of aromatic nitrogens is 1. The lowest BCUT2D eigenvalue weighted by Gasteiger charge is -2.08. The minimum Gasteiger partial charge on any atom is -0.354 e. The first-order chi connectivity index (χ1) is 12.2. The molecule has 0 bridgehead atoms. The van der Waals surface area contributed by atoms with E-state index in [1.54, 1.807) is 0 Å². The summed E-state index contributed by atoms with van der Waals surface area (Å²) in [4.78, 5) is 14.8. The van der Waals surface area contributed by atoms with Crippen LogP contribution in [0.2, 0.25) is 0 Å². The molecule has 3 heteroatoms. The molecule has 1 aromatic heterocycles. The molecule has 0 aliphatic heterocycles. The monoisotopic (exact) mass is 326 g/mol. The molecule has 0 saturated carbocycles. The molecule has 0 unspecified atom stereocenters. The van der Waals surface area contributed by atoms with Gasteiger partial charge in [0.2, 0.25) is 5.91 Å². The molecule has 0 atom stereocenters. The van der Waals surface area contributed by atoms with Crippen molar-refractivity contribution in [2.24, 2.45) is 0 Å². The van der Waals surface area contributed by atoms with Crippen molar-refractivity contribution in [3.8, 4) is 22.4 Å². The lowest BCUT2D eigenvalue weighted by atomic mass is 9.98. The quantitative estimate of drug-likeness (QED) is 0.516. The number of amides is 1. The molecule has 3 aromatic carbocycles. The van der Waals surface area contributed by atoms with Gasteiger partial charge in [-0.3, -0.25) is 4.79 Å². The summed E-state index contributed by atoms with van der Waals surface area (Å²) in [6.45, 7) is 1.51. The van der Waals surface area contributed by atoms with Gasteiger partial charge in [-0.05, 0) is 29.3 Å². The Morgan fingerprint density at radius 3 is 2.20 bits per heavy atom. The van der Waals surface area contributed by atoms with Crippen molar-refractivity contribution in [2.75, 3.05) is 5.32 Å². The summed E-state index contributed by atoms with van der Waals surface area (Å²) in [5.41, 5.74) is 6.47. The summed E-state index contributed by atoms with van der Waals surface area (Å²) in [6, 6.07) is 26.6. The maximum Gasteiger partial charge on any atom is 0.221 e. The number of rotatable bonds is 3. The Balaban J connectivity index is 1.89. The van der Waals surface area contributed by atoms with Crippen molar-refractivity contribution < 1.29 is 4.79 Å². The molecule has 2 N–H and O–H groups in total. The van der Waals surface area contributed by atoms with Gasteiger partial charge in [0.1, 0.15) is 0 Å². The normalized spacial score (nSPS) is 10.8. The van der Waals surface area contributed by atoms with Crippen LogP contribution < -0.4 is 5.32 Å². The van der Waals surface area contributed by atoms with Crippen molar-refractivity contribution in [1.29, 1.82) is 0 Å². The molecule has 0 fully saturated rings. The number of para-hydroxylation sites is 1. The molecule has 0 aliphatic rings. The number of anilines is 1. The number of fused-ring (bicyclic) bond motifs is 1. The summed E-state index contributed by atoms with van der Waals surface area (Å²) in [7, 11) is 0. The fourth-order valence-electron chi connectivity index (χ4n) is 3.19. The van der Waals surface area contributed by atoms with Crippen molar-refractivity contribution in [3.63, 3.8) is 0 Å². The third-order valence-corrected chi connectivity index (χ3v) is 4.26. The fourth-order valence-corrected chi connectivity index (χ4v) is 3.19. The van der Waals surface area contributed by atoms with E-state index in [2.05, 4.69) is 40.6 Å². The van der Waals surface area contributed by atoms with E-state index in [0.29, 0.717) is 0 Å². The van der Waals surface area contributed by atoms with Crippen molar-refractivity contribution in [3.05, 3.63) is 78.9 Å². The summed E-state index contributed by atoms with van der Waals surface area (Å²) >= 11 is 0. The molecular weight excluding hydrogens is 308 g/mol. The van der Waals surface area contributed by atoms with E-state index in [1.807, 2.05) is 48.5 Å². The van der Waals surface area contributed by atoms with E-state index in [4.69, 9.17) is 0 Å². The van der Waals surface area contributed by atoms with Crippen LogP contribution in [0.25, 0.3) is 33.3 Å². The minimum atomic E-state index is -0.0650. The number of carbonyl (C=O) groups excluding carboxylic acids is 1. The zero-order chi connectivity index (χ0) is 17.2. The minimum absolute atomic E-state index is 0.0650. The smallest absolute Gasteiger partial charge is 0.221 e. The van der Waals surface area contributed by atoms with Crippen LogP contribution in [0.1, 0.15) is 6.92 Å². The average Bonchev–Trinajstić information content (AvgIpc) is 3.02. The Bertz CT molecular complexity index is 1030. The molecule has 25 heavy (non-hydrogen) atoms. The van der Waals surface area contributed by atoms with Crippen molar-refractivity contribution in [2.45, 2.75) is 6.92 Å². The second-order valence-corrected chi connectivity index (χ2v) is 6.05. The largest absolute Gasteiger partial charge is 0.354 e. The van der Waals surface area contributed by atoms with E-state index in [-0.39, 0.29) is 5.91 Å². The highest BCUT2D eigenvalue weighted by atomic mass is 16.1. The lowest BCUT2D eigenvalue weighted by molar-refractivity contribution is -0.114. The highest BCUT2D eigenvalue weighted by molar-refractivity contribution is 6.04. The molecule has 1 amide bonds. The molecule has 4 aromatic rings. The van der Waals surface area contributed by atoms with Crippen molar-refractivity contribution >= 4 is 22.5 Å². The van der Waals surface area contributed by atoms with Crippen LogP contribution in [0.15, 0.2) is 78.9 Å². The standard InChI is InChI=1S/C22H18N2O/c1-15(25)23-18-13-11-16(12-14-18)21-19-9-5-6-10-20(19)24-22(21)17-7-3-2-4-8-17/h2-14,24H,1H3,(H,23,25). The average molecular weight is 326 g/mol. The molecule has 1 heterocycles. The second-order valence-electron chi connectivity index (χ2n) is 6.05.